The summed E-state index contributed by atoms with van der Waals surface area (Å²) in [5.41, 5.74) is 2.24. The fraction of sp³-hybridized carbons (Fsp3) is 0.406. The van der Waals surface area contributed by atoms with Crippen LogP contribution in [0.15, 0.2) is 34.7 Å². The van der Waals surface area contributed by atoms with Crippen molar-refractivity contribution in [3.05, 3.63) is 52.9 Å². The number of nitrogens with zero attached hydrogens (tertiary/aromatic N) is 2. The largest absolute Gasteiger partial charge is 0.492 e. The second-order valence-corrected chi connectivity index (χ2v) is 12.4. The van der Waals surface area contributed by atoms with Crippen LogP contribution in [0, 0.1) is 12.3 Å². The molecule has 0 aliphatic carbocycles. The topological polar surface area (TPSA) is 114 Å². The summed E-state index contributed by atoms with van der Waals surface area (Å²) in [6, 6.07) is 8.75. The summed E-state index contributed by atoms with van der Waals surface area (Å²) in [4.78, 5) is 46.8. The zero-order valence-corrected chi connectivity index (χ0v) is 26.2. The molecule has 1 aliphatic heterocycles. The number of halogens is 1. The van der Waals surface area contributed by atoms with Crippen LogP contribution in [-0.4, -0.2) is 74.5 Å². The number of benzene rings is 2. The van der Waals surface area contributed by atoms with E-state index in [1.165, 1.54) is 7.11 Å². The van der Waals surface area contributed by atoms with Crippen molar-refractivity contribution in [2.75, 3.05) is 51.7 Å². The second-order valence-electron chi connectivity index (χ2n) is 12.0. The molecule has 10 nitrogen and oxygen atoms in total. The summed E-state index contributed by atoms with van der Waals surface area (Å²) in [7, 11) is 5.25. The smallest absolute Gasteiger partial charge is 0.340 e. The summed E-state index contributed by atoms with van der Waals surface area (Å²) in [5.74, 6) is -0.526. The zero-order chi connectivity index (χ0) is 31.2. The van der Waals surface area contributed by atoms with Gasteiger partial charge in [-0.2, -0.15) is 0 Å². The molecule has 1 atom stereocenters. The normalized spacial score (nSPS) is 14.9. The van der Waals surface area contributed by atoms with E-state index >= 15 is 0 Å². The Hall–Kier alpha value is -4.02. The van der Waals surface area contributed by atoms with E-state index in [-0.39, 0.29) is 35.8 Å². The molecule has 0 bridgehead atoms. The minimum absolute atomic E-state index is 0.133. The quantitative estimate of drug-likeness (QED) is 0.150. The van der Waals surface area contributed by atoms with Gasteiger partial charge in [-0.25, -0.2) is 4.79 Å². The number of nitrogens with one attached hydrogen (secondary N) is 1. The summed E-state index contributed by atoms with van der Waals surface area (Å²) in [6.45, 7) is 8.52. The monoisotopic (exact) mass is 609 g/mol. The third kappa shape index (κ3) is 5.69. The molecule has 228 valence electrons. The van der Waals surface area contributed by atoms with Gasteiger partial charge in [0.2, 0.25) is 0 Å². The molecule has 0 saturated heterocycles. The second kappa shape index (κ2) is 11.6. The lowest BCUT2D eigenvalue weighted by atomic mass is 9.95. The van der Waals surface area contributed by atoms with Crippen molar-refractivity contribution >= 4 is 57.0 Å². The van der Waals surface area contributed by atoms with Gasteiger partial charge in [0.05, 0.1) is 29.3 Å². The number of carbonyl (C=O) groups excluding carboxylic acids is 3. The number of fused-ring (bicyclic) bond motifs is 4. The minimum atomic E-state index is -0.796. The van der Waals surface area contributed by atoms with E-state index in [1.807, 2.05) is 25.1 Å². The third-order valence-corrected chi connectivity index (χ3v) is 7.86. The molecule has 11 heteroatoms. The number of H-pyrrole nitrogens is 1. The lowest BCUT2D eigenvalue weighted by Crippen LogP contribution is -2.30. The van der Waals surface area contributed by atoms with Gasteiger partial charge in [0.25, 0.3) is 5.91 Å². The van der Waals surface area contributed by atoms with Crippen LogP contribution in [-0.2, 0) is 9.53 Å². The van der Waals surface area contributed by atoms with Crippen LogP contribution in [0.25, 0.3) is 21.9 Å². The van der Waals surface area contributed by atoms with Crippen molar-refractivity contribution in [2.45, 2.75) is 33.6 Å². The Morgan fingerprint density at radius 3 is 2.56 bits per heavy atom. The van der Waals surface area contributed by atoms with Crippen molar-refractivity contribution < 1.29 is 33.0 Å². The third-order valence-electron chi connectivity index (χ3n) is 7.49. The average Bonchev–Trinajstić information content (AvgIpc) is 3.64. The zero-order valence-electron chi connectivity index (χ0n) is 25.4. The van der Waals surface area contributed by atoms with E-state index in [1.54, 1.807) is 56.9 Å². The Morgan fingerprint density at radius 1 is 1.16 bits per heavy atom. The van der Waals surface area contributed by atoms with Crippen molar-refractivity contribution in [1.29, 1.82) is 0 Å². The number of hydrogen-bond acceptors (Lipinski definition) is 8. The number of aromatic amines is 1. The van der Waals surface area contributed by atoms with Gasteiger partial charge in [-0.3, -0.25) is 9.59 Å². The van der Waals surface area contributed by atoms with Gasteiger partial charge < -0.3 is 33.4 Å². The summed E-state index contributed by atoms with van der Waals surface area (Å²) in [5, 5.41) is 1.24. The fourth-order valence-corrected chi connectivity index (χ4v) is 5.48. The Morgan fingerprint density at radius 2 is 1.91 bits per heavy atom. The van der Waals surface area contributed by atoms with Gasteiger partial charge in [-0.15, -0.1) is 11.6 Å². The van der Waals surface area contributed by atoms with Crippen molar-refractivity contribution in [3.63, 3.8) is 0 Å². The minimum Gasteiger partial charge on any atom is -0.492 e. The van der Waals surface area contributed by atoms with Crippen LogP contribution in [0.2, 0.25) is 0 Å². The highest BCUT2D eigenvalue weighted by atomic mass is 35.5. The van der Waals surface area contributed by atoms with Gasteiger partial charge in [0.15, 0.2) is 11.5 Å². The maximum Gasteiger partial charge on any atom is 0.340 e. The molecule has 0 spiro atoms. The molecule has 0 unspecified atom stereocenters. The van der Waals surface area contributed by atoms with E-state index in [0.717, 1.165) is 11.9 Å². The number of aromatic nitrogens is 1. The highest BCUT2D eigenvalue weighted by Crippen LogP contribution is 2.48. The number of esters is 2. The molecule has 0 saturated carbocycles. The van der Waals surface area contributed by atoms with Crippen LogP contribution >= 0.6 is 11.6 Å². The number of ether oxygens (including phenoxy) is 3. The average molecular weight is 610 g/mol. The molecule has 1 aliphatic rings. The molecular weight excluding hydrogens is 574 g/mol. The van der Waals surface area contributed by atoms with Gasteiger partial charge in [0.1, 0.15) is 17.9 Å². The number of anilines is 1. The predicted molar refractivity (Wildman–Crippen MR) is 165 cm³/mol. The summed E-state index contributed by atoms with van der Waals surface area (Å²) >= 11 is 6.46. The van der Waals surface area contributed by atoms with Gasteiger partial charge in [-0.05, 0) is 71.6 Å². The number of carbonyl (C=O) groups is 3. The molecule has 43 heavy (non-hydrogen) atoms. The molecular formula is C32H36ClN3O7. The Labute approximate surface area is 254 Å². The Balaban J connectivity index is 1.60. The molecule has 0 radical (unpaired) electrons. The van der Waals surface area contributed by atoms with Gasteiger partial charge in [-0.1, -0.05) is 0 Å². The van der Waals surface area contributed by atoms with Crippen molar-refractivity contribution in [1.82, 2.24) is 9.88 Å². The highest BCUT2D eigenvalue weighted by Gasteiger charge is 2.39. The molecule has 0 fully saturated rings. The first kappa shape index (κ1) is 30.4. The molecule has 5 rings (SSSR count). The van der Waals surface area contributed by atoms with Crippen molar-refractivity contribution in [2.24, 2.45) is 5.41 Å². The number of aryl methyl sites for hydroxylation is 1. The first-order valence-electron chi connectivity index (χ1n) is 14.0. The molecule has 2 aromatic carbocycles. The van der Waals surface area contributed by atoms with Crippen LogP contribution in [0.4, 0.5) is 5.69 Å². The summed E-state index contributed by atoms with van der Waals surface area (Å²) in [6.07, 6.45) is 0. The molecule has 1 amide bonds. The number of hydrogen-bond donors (Lipinski definition) is 1. The first-order valence-corrected chi connectivity index (χ1v) is 14.6. The van der Waals surface area contributed by atoms with Crippen LogP contribution in [0.5, 0.6) is 11.5 Å². The maximum absolute atomic E-state index is 14.0. The number of methoxy groups -OCH3 is 1. The van der Waals surface area contributed by atoms with E-state index in [0.29, 0.717) is 51.4 Å². The SMILES string of the molecule is COC(=O)c1c(C)[nH]c2c(OC(=O)C(C)(C)C)cc3c(c12)[C@H](CCl)CN3C(=O)c1cc2cc(OCCN(C)C)ccc2o1. The number of likely N-dealkylation sites (N-methyl/N-ethyl adjacent to an activating group) is 1. The standard InChI is InChI=1S/C32H36ClN3O7/c1-17-25(30(38)40-7)27-26-19(15-33)16-36(21(26)14-23(28(27)34-17)43-31(39)32(2,3)4)29(37)24-13-18-12-20(8-9-22(18)42-24)41-11-10-35(5)6/h8-9,12-14,19,34H,10-11,15-16H2,1-7H3/t19-/m1/s1. The molecule has 2 aromatic heterocycles. The van der Waals surface area contributed by atoms with E-state index in [2.05, 4.69) is 4.98 Å². The van der Waals surface area contributed by atoms with E-state index < -0.39 is 17.4 Å². The predicted octanol–water partition coefficient (Wildman–Crippen LogP) is 5.88. The summed E-state index contributed by atoms with van der Waals surface area (Å²) < 4.78 is 22.8. The Kier molecular flexibility index (Phi) is 8.20. The van der Waals surface area contributed by atoms with Gasteiger partial charge >= 0.3 is 11.9 Å². The molecule has 4 aromatic rings. The van der Waals surface area contributed by atoms with Crippen LogP contribution in [0.3, 0.4) is 0 Å². The van der Waals surface area contributed by atoms with E-state index in [9.17, 15) is 14.4 Å². The molecule has 3 heterocycles. The first-order chi connectivity index (χ1) is 20.3. The number of rotatable bonds is 8. The highest BCUT2D eigenvalue weighted by molar-refractivity contribution is 6.20. The van der Waals surface area contributed by atoms with Crippen LogP contribution in [0.1, 0.15) is 58.9 Å². The molecule has 1 N–H and O–H groups in total. The fourth-order valence-electron chi connectivity index (χ4n) is 5.23. The Bertz CT molecular complexity index is 1730. The van der Waals surface area contributed by atoms with Crippen LogP contribution < -0.4 is 14.4 Å². The lowest BCUT2D eigenvalue weighted by Gasteiger charge is -2.20. The number of furan rings is 1. The number of amides is 1. The maximum atomic E-state index is 14.0. The lowest BCUT2D eigenvalue weighted by molar-refractivity contribution is -0.142. The van der Waals surface area contributed by atoms with E-state index in [4.69, 9.17) is 30.2 Å². The van der Waals surface area contributed by atoms with Crippen molar-refractivity contribution in [3.8, 4) is 11.5 Å². The number of alkyl halides is 1. The van der Waals surface area contributed by atoms with Gasteiger partial charge in [0, 0.05) is 47.4 Å².